The molecule has 1 unspecified atom stereocenters. The van der Waals surface area contributed by atoms with Gasteiger partial charge in [-0.2, -0.15) is 0 Å². The molecule has 0 heterocycles. The van der Waals surface area contributed by atoms with Crippen LogP contribution in [0.1, 0.15) is 11.1 Å². The first kappa shape index (κ1) is 23.7. The Morgan fingerprint density at radius 1 is 0.850 bits per heavy atom. The molecule has 2 atom stereocenters. The van der Waals surface area contributed by atoms with Gasteiger partial charge in [0.1, 0.15) is 15.7 Å². The molecule has 0 aromatic heterocycles. The minimum Gasteiger partial charge on any atom is -0.395 e. The summed E-state index contributed by atoms with van der Waals surface area (Å²) in [6, 6.07) is 6.12. The number of hydrogen-bond donors (Lipinski definition) is 2. The summed E-state index contributed by atoms with van der Waals surface area (Å²) in [5, 5.41) is 17.5. The van der Waals surface area contributed by atoms with Crippen molar-refractivity contribution in [3.63, 3.8) is 0 Å². The monoisotopic (exact) mass is 424 g/mol. The Kier molecular flexibility index (Phi) is 16.6. The molecule has 0 aliphatic carbocycles. The number of aliphatic hydroxyl groups excluding tert-OH is 2. The van der Waals surface area contributed by atoms with Gasteiger partial charge in [0, 0.05) is 77.4 Å². The van der Waals surface area contributed by atoms with Gasteiger partial charge in [-0.1, -0.05) is 24.3 Å². The normalized spacial score (nSPS) is 12.9. The van der Waals surface area contributed by atoms with Crippen molar-refractivity contribution in [1.29, 1.82) is 0 Å². The van der Waals surface area contributed by atoms with E-state index in [1.165, 1.54) is 0 Å². The van der Waals surface area contributed by atoms with Gasteiger partial charge in [0.05, 0.1) is 26.4 Å². The second kappa shape index (κ2) is 14.0. The van der Waals surface area contributed by atoms with E-state index in [0.29, 0.717) is 0 Å². The van der Waals surface area contributed by atoms with E-state index in [4.69, 9.17) is 35.4 Å². The predicted octanol–water partition coefficient (Wildman–Crippen LogP) is -0.311. The molecule has 0 aliphatic rings. The van der Waals surface area contributed by atoms with E-state index in [1.54, 1.807) is 0 Å². The van der Waals surface area contributed by atoms with Crippen molar-refractivity contribution in [2.45, 2.75) is 25.2 Å². The molecule has 0 saturated carbocycles. The molecule has 0 saturated heterocycles. The Morgan fingerprint density at radius 2 is 1.20 bits per heavy atom. The van der Waals surface area contributed by atoms with Crippen LogP contribution in [0.5, 0.6) is 0 Å². The summed E-state index contributed by atoms with van der Waals surface area (Å²) >= 11 is 0. The maximum Gasteiger partial charge on any atom is 0.112 e. The Hall–Kier alpha value is 1.40. The second-order valence-corrected chi connectivity index (χ2v) is 3.83. The molecule has 6 radical (unpaired) electrons. The molecule has 4 nitrogen and oxygen atoms in total. The fourth-order valence-corrected chi connectivity index (χ4v) is 1.34. The molecule has 1 aromatic rings. The number of benzene rings is 1. The van der Waals surface area contributed by atoms with Crippen molar-refractivity contribution in [3.05, 3.63) is 35.4 Å². The van der Waals surface area contributed by atoms with Gasteiger partial charge in [-0.25, -0.2) is 0 Å². The van der Waals surface area contributed by atoms with E-state index < -0.39 is 12.0 Å². The maximum atomic E-state index is 8.77. The first-order valence-electron chi connectivity index (χ1n) is 5.70. The van der Waals surface area contributed by atoms with Gasteiger partial charge in [-0.15, -0.1) is 0 Å². The Morgan fingerprint density at radius 3 is 1.50 bits per heavy atom. The molecule has 20 heavy (non-hydrogen) atoms. The van der Waals surface area contributed by atoms with E-state index in [0.717, 1.165) is 11.1 Å². The van der Waals surface area contributed by atoms with Crippen LogP contribution >= 0.6 is 0 Å². The van der Waals surface area contributed by atoms with Crippen LogP contribution in [0.2, 0.25) is 0 Å². The summed E-state index contributed by atoms with van der Waals surface area (Å²) in [4.78, 5) is 0. The van der Waals surface area contributed by atoms with Gasteiger partial charge < -0.3 is 19.7 Å². The van der Waals surface area contributed by atoms with Gasteiger partial charge in [-0.05, 0) is 11.1 Å². The van der Waals surface area contributed by atoms with Gasteiger partial charge >= 0.3 is 0 Å². The van der Waals surface area contributed by atoms with Crippen LogP contribution in [0.4, 0.5) is 0 Å². The van der Waals surface area contributed by atoms with Gasteiger partial charge in [0.15, 0.2) is 0 Å². The van der Waals surface area contributed by atoms with Crippen molar-refractivity contribution in [2.24, 2.45) is 0 Å². The van der Waals surface area contributed by atoms with Crippen LogP contribution < -0.4 is 0 Å². The molecule has 0 bridgehead atoms. The molecule has 0 amide bonds. The molecule has 100 valence electrons. The molecule has 1 aromatic carbocycles. The first-order valence-corrected chi connectivity index (χ1v) is 5.70. The standard InChI is InChI=1S/C12H16B2O4.2Y/c13-11(5-15)17-7-9-3-1-2-4-10(9)8-18-12(14)6-16;;/h1-4,11-12,15-16H,5-8H2;;/t11-,12?;;/m0../s1. The Balaban J connectivity index is 0. The van der Waals surface area contributed by atoms with E-state index in [2.05, 4.69) is 0 Å². The predicted molar refractivity (Wildman–Crippen MR) is 69.3 cm³/mol. The minimum atomic E-state index is -0.696. The first-order chi connectivity index (χ1) is 8.67. The summed E-state index contributed by atoms with van der Waals surface area (Å²) < 4.78 is 10.5. The number of rotatable bonds is 8. The fraction of sp³-hybridized carbons (Fsp3) is 0.500. The van der Waals surface area contributed by atoms with Gasteiger partial charge in [0.25, 0.3) is 0 Å². The SMILES string of the molecule is [B]C(CO)OCc1ccccc1CO[C@H]([B])CO.[Y].[Y]. The summed E-state index contributed by atoms with van der Waals surface area (Å²) in [6.45, 7) is 0.118. The van der Waals surface area contributed by atoms with Crippen molar-refractivity contribution in [3.8, 4) is 0 Å². The average Bonchev–Trinajstić information content (AvgIpc) is 2.42. The average molecular weight is 424 g/mol. The topological polar surface area (TPSA) is 58.9 Å². The zero-order valence-electron chi connectivity index (χ0n) is 11.3. The fourth-order valence-electron chi connectivity index (χ4n) is 1.34. The smallest absolute Gasteiger partial charge is 0.112 e. The largest absolute Gasteiger partial charge is 0.395 e. The number of ether oxygens (including phenoxy) is 2. The van der Waals surface area contributed by atoms with Crippen molar-refractivity contribution >= 4 is 15.7 Å². The van der Waals surface area contributed by atoms with E-state index in [1.807, 2.05) is 24.3 Å². The summed E-state index contributed by atoms with van der Waals surface area (Å²) in [5.41, 5.74) is 1.82. The van der Waals surface area contributed by atoms with Crippen LogP contribution in [-0.2, 0) is 88.1 Å². The van der Waals surface area contributed by atoms with Crippen LogP contribution in [-0.4, -0.2) is 51.1 Å². The molecular weight excluding hydrogens is 408 g/mol. The Labute approximate surface area is 173 Å². The molecule has 0 fully saturated rings. The Bertz CT molecular complexity index is 325. The quantitative estimate of drug-likeness (QED) is 0.563. The molecule has 1 rings (SSSR count). The van der Waals surface area contributed by atoms with E-state index >= 15 is 0 Å². The second-order valence-electron chi connectivity index (χ2n) is 3.83. The van der Waals surface area contributed by atoms with E-state index in [9.17, 15) is 0 Å². The van der Waals surface area contributed by atoms with Crippen LogP contribution in [0.15, 0.2) is 24.3 Å². The van der Waals surface area contributed by atoms with Crippen molar-refractivity contribution in [1.82, 2.24) is 0 Å². The molecule has 0 aliphatic heterocycles. The van der Waals surface area contributed by atoms with Gasteiger partial charge in [-0.3, -0.25) is 0 Å². The third-order valence-corrected chi connectivity index (χ3v) is 2.38. The van der Waals surface area contributed by atoms with Crippen LogP contribution in [0, 0.1) is 0 Å². The third-order valence-electron chi connectivity index (χ3n) is 2.38. The van der Waals surface area contributed by atoms with Gasteiger partial charge in [0.2, 0.25) is 0 Å². The molecule has 0 spiro atoms. The maximum absolute atomic E-state index is 8.77. The zero-order chi connectivity index (χ0) is 13.4. The summed E-state index contributed by atoms with van der Waals surface area (Å²) in [5.74, 6) is 0. The minimum absolute atomic E-state index is 0. The van der Waals surface area contributed by atoms with E-state index in [-0.39, 0.29) is 91.8 Å². The van der Waals surface area contributed by atoms with Crippen LogP contribution in [0.3, 0.4) is 0 Å². The molecule has 2 N–H and O–H groups in total. The summed E-state index contributed by atoms with van der Waals surface area (Å²) in [7, 11) is 10.9. The zero-order valence-corrected chi connectivity index (χ0v) is 17.0. The van der Waals surface area contributed by atoms with Crippen molar-refractivity contribution in [2.75, 3.05) is 13.2 Å². The summed E-state index contributed by atoms with van der Waals surface area (Å²) in [6.07, 6.45) is 0. The van der Waals surface area contributed by atoms with Crippen molar-refractivity contribution < 1.29 is 85.1 Å². The number of hydrogen-bond acceptors (Lipinski definition) is 4. The molecule has 8 heteroatoms. The molecular formula is C12H16B2O4Y2. The van der Waals surface area contributed by atoms with Crippen LogP contribution in [0.25, 0.3) is 0 Å². The number of aliphatic hydroxyl groups is 2. The third kappa shape index (κ3) is 9.42.